The van der Waals surface area contributed by atoms with E-state index in [2.05, 4.69) is 0 Å². The molecule has 0 spiro atoms. The van der Waals surface area contributed by atoms with Crippen molar-refractivity contribution >= 4 is 45.1 Å². The summed E-state index contributed by atoms with van der Waals surface area (Å²) < 4.78 is 17.9. The van der Waals surface area contributed by atoms with Crippen LogP contribution in [-0.4, -0.2) is 66.4 Å². The summed E-state index contributed by atoms with van der Waals surface area (Å²) in [7, 11) is 0. The first kappa shape index (κ1) is 24.7. The van der Waals surface area contributed by atoms with E-state index >= 15 is 0 Å². The van der Waals surface area contributed by atoms with Gasteiger partial charge in [0.15, 0.2) is 18.1 Å². The van der Waals surface area contributed by atoms with E-state index in [1.165, 1.54) is 11.3 Å². The fourth-order valence-electron chi connectivity index (χ4n) is 3.74. The lowest BCUT2D eigenvalue weighted by molar-refractivity contribution is -0.138. The van der Waals surface area contributed by atoms with Gasteiger partial charge in [-0.05, 0) is 54.8 Å². The number of rotatable bonds is 10. The number of amides is 1. The Hall–Kier alpha value is -3.43. The number of aromatic nitrogens is 1. The minimum atomic E-state index is -0.860. The molecule has 1 amide bonds. The van der Waals surface area contributed by atoms with E-state index in [-0.39, 0.29) is 18.9 Å². The molecular formula is C26H28N2O6S. The first-order valence-electron chi connectivity index (χ1n) is 11.6. The molecule has 1 fully saturated rings. The molecule has 0 radical (unpaired) electrons. The van der Waals surface area contributed by atoms with Crippen molar-refractivity contribution in [3.8, 4) is 11.5 Å². The number of thiazole rings is 1. The van der Waals surface area contributed by atoms with Crippen molar-refractivity contribution in [3.63, 3.8) is 0 Å². The highest BCUT2D eigenvalue weighted by Crippen LogP contribution is 2.34. The molecular weight excluding hydrogens is 468 g/mol. The Morgan fingerprint density at radius 2 is 1.91 bits per heavy atom. The molecule has 8 nitrogen and oxygen atoms in total. The van der Waals surface area contributed by atoms with Gasteiger partial charge < -0.3 is 24.2 Å². The van der Waals surface area contributed by atoms with E-state index in [0.717, 1.165) is 26.4 Å². The van der Waals surface area contributed by atoms with E-state index in [1.54, 1.807) is 11.0 Å². The average molecular weight is 497 g/mol. The maximum absolute atomic E-state index is 12.5. The minimum Gasteiger partial charge on any atom is -0.490 e. The smallest absolute Gasteiger partial charge is 0.303 e. The number of carboxylic acids is 1. The molecule has 0 aliphatic carbocycles. The predicted octanol–water partition coefficient (Wildman–Crippen LogP) is 4.34. The third-order valence-corrected chi connectivity index (χ3v) is 6.61. The summed E-state index contributed by atoms with van der Waals surface area (Å²) >= 11 is 1.54. The van der Waals surface area contributed by atoms with E-state index < -0.39 is 5.97 Å². The maximum atomic E-state index is 12.5. The van der Waals surface area contributed by atoms with Gasteiger partial charge in [-0.25, -0.2) is 4.98 Å². The number of allylic oxidation sites excluding steroid dienone is 1. The zero-order valence-electron chi connectivity index (χ0n) is 19.6. The molecule has 184 valence electrons. The number of carboxylic acid groups (broad SMARTS) is 1. The summed E-state index contributed by atoms with van der Waals surface area (Å²) in [4.78, 5) is 30.2. The van der Waals surface area contributed by atoms with E-state index in [4.69, 9.17) is 19.2 Å². The quantitative estimate of drug-likeness (QED) is 0.446. The van der Waals surface area contributed by atoms with Crippen LogP contribution in [0.2, 0.25) is 0 Å². The van der Waals surface area contributed by atoms with Gasteiger partial charge in [-0.2, -0.15) is 0 Å². The number of hydrogen-bond donors (Lipinski definition) is 1. The largest absolute Gasteiger partial charge is 0.490 e. The highest BCUT2D eigenvalue weighted by Gasteiger charge is 2.18. The molecule has 0 unspecified atom stereocenters. The van der Waals surface area contributed by atoms with Crippen LogP contribution in [0.15, 0.2) is 42.5 Å². The number of benzene rings is 2. The van der Waals surface area contributed by atoms with E-state index in [0.29, 0.717) is 50.8 Å². The standard InChI is InChI=1S/C26H28N2O6S/c1-2-33-22-16-18(7-9-21(22)34-17-24(29)28-11-13-32-14-12-28)15-19(8-10-25(30)31)26-27-20-5-3-4-6-23(20)35-26/h3-7,9,15-16H,2,8,10-14,17H2,1H3,(H,30,31)/b19-15+. The number of fused-ring (bicyclic) bond motifs is 1. The van der Waals surface area contributed by atoms with Gasteiger partial charge in [-0.3, -0.25) is 9.59 Å². The Balaban J connectivity index is 1.56. The maximum Gasteiger partial charge on any atom is 0.303 e. The van der Waals surface area contributed by atoms with E-state index in [9.17, 15) is 14.7 Å². The SMILES string of the molecule is CCOc1cc(/C=C(\CCC(=O)O)c2nc3ccccc3s2)ccc1OCC(=O)N1CCOCC1. The highest BCUT2D eigenvalue weighted by atomic mass is 32.1. The van der Waals surface area contributed by atoms with Crippen molar-refractivity contribution in [3.05, 3.63) is 53.0 Å². The number of nitrogens with zero attached hydrogens (tertiary/aromatic N) is 2. The molecule has 35 heavy (non-hydrogen) atoms. The van der Waals surface area contributed by atoms with Gasteiger partial charge in [-0.15, -0.1) is 11.3 Å². The number of para-hydroxylation sites is 1. The molecule has 3 aromatic rings. The van der Waals surface area contributed by atoms with Gasteiger partial charge in [0.05, 0.1) is 30.0 Å². The van der Waals surface area contributed by atoms with Gasteiger partial charge in [0.2, 0.25) is 0 Å². The normalized spacial score (nSPS) is 14.2. The number of aliphatic carboxylic acids is 1. The topological polar surface area (TPSA) is 98.2 Å². The third kappa shape index (κ3) is 6.58. The Bertz CT molecular complexity index is 1180. The Morgan fingerprint density at radius 1 is 1.11 bits per heavy atom. The van der Waals surface area contributed by atoms with Crippen LogP contribution in [0.3, 0.4) is 0 Å². The van der Waals surface area contributed by atoms with Crippen LogP contribution in [0.4, 0.5) is 0 Å². The monoisotopic (exact) mass is 496 g/mol. The molecule has 0 saturated carbocycles. The van der Waals surface area contributed by atoms with Crippen molar-refractivity contribution in [2.24, 2.45) is 0 Å². The third-order valence-electron chi connectivity index (χ3n) is 5.50. The second-order valence-electron chi connectivity index (χ2n) is 7.97. The zero-order valence-corrected chi connectivity index (χ0v) is 20.4. The van der Waals surface area contributed by atoms with Crippen molar-refractivity contribution in [1.82, 2.24) is 9.88 Å². The van der Waals surface area contributed by atoms with Crippen molar-refractivity contribution in [2.45, 2.75) is 19.8 Å². The predicted molar refractivity (Wildman–Crippen MR) is 135 cm³/mol. The lowest BCUT2D eigenvalue weighted by Crippen LogP contribution is -2.43. The lowest BCUT2D eigenvalue weighted by Gasteiger charge is -2.26. The van der Waals surface area contributed by atoms with Crippen LogP contribution >= 0.6 is 11.3 Å². The summed E-state index contributed by atoms with van der Waals surface area (Å²) in [6.45, 7) is 4.44. The van der Waals surface area contributed by atoms with Crippen LogP contribution < -0.4 is 9.47 Å². The Kier molecular flexibility index (Phi) is 8.33. The number of carbonyl (C=O) groups excluding carboxylic acids is 1. The minimum absolute atomic E-state index is 0.00488. The number of carbonyl (C=O) groups is 2. The molecule has 2 aromatic carbocycles. The molecule has 1 aromatic heterocycles. The van der Waals surface area contributed by atoms with Gasteiger partial charge in [0.1, 0.15) is 5.01 Å². The lowest BCUT2D eigenvalue weighted by atomic mass is 10.1. The van der Waals surface area contributed by atoms with Crippen molar-refractivity contribution in [2.75, 3.05) is 39.5 Å². The molecule has 0 bridgehead atoms. The van der Waals surface area contributed by atoms with Crippen LogP contribution in [0.5, 0.6) is 11.5 Å². The summed E-state index contributed by atoms with van der Waals surface area (Å²) in [5.41, 5.74) is 2.56. The van der Waals surface area contributed by atoms with Gasteiger partial charge in [0.25, 0.3) is 5.91 Å². The van der Waals surface area contributed by atoms with E-state index in [1.807, 2.05) is 49.4 Å². The Labute approximate surface area is 207 Å². The summed E-state index contributed by atoms with van der Waals surface area (Å²) in [6.07, 6.45) is 2.29. The second kappa shape index (κ2) is 11.8. The molecule has 1 aliphatic heterocycles. The molecule has 1 saturated heterocycles. The number of hydrogen-bond acceptors (Lipinski definition) is 7. The Morgan fingerprint density at radius 3 is 2.66 bits per heavy atom. The first-order chi connectivity index (χ1) is 17.0. The molecule has 0 atom stereocenters. The summed E-state index contributed by atoms with van der Waals surface area (Å²) in [5, 5.41) is 10.0. The summed E-state index contributed by atoms with van der Waals surface area (Å²) in [5.74, 6) is 0.0582. The fraction of sp³-hybridized carbons (Fsp3) is 0.346. The van der Waals surface area contributed by atoms with Gasteiger partial charge >= 0.3 is 5.97 Å². The zero-order chi connectivity index (χ0) is 24.6. The van der Waals surface area contributed by atoms with Crippen LogP contribution in [0.1, 0.15) is 30.3 Å². The highest BCUT2D eigenvalue weighted by molar-refractivity contribution is 7.19. The molecule has 1 aliphatic rings. The molecule has 9 heteroatoms. The van der Waals surface area contributed by atoms with Crippen molar-refractivity contribution < 1.29 is 28.9 Å². The van der Waals surface area contributed by atoms with Crippen LogP contribution in [-0.2, 0) is 14.3 Å². The summed E-state index contributed by atoms with van der Waals surface area (Å²) in [6, 6.07) is 13.3. The van der Waals surface area contributed by atoms with Gasteiger partial charge in [0, 0.05) is 19.5 Å². The first-order valence-corrected chi connectivity index (χ1v) is 12.4. The molecule has 2 heterocycles. The molecule has 4 rings (SSSR count). The van der Waals surface area contributed by atoms with Crippen LogP contribution in [0.25, 0.3) is 21.9 Å². The van der Waals surface area contributed by atoms with Crippen molar-refractivity contribution in [1.29, 1.82) is 0 Å². The number of ether oxygens (including phenoxy) is 3. The average Bonchev–Trinajstić information content (AvgIpc) is 3.30. The number of morpholine rings is 1. The van der Waals surface area contributed by atoms with Gasteiger partial charge in [-0.1, -0.05) is 18.2 Å². The fourth-order valence-corrected chi connectivity index (χ4v) is 4.75. The van der Waals surface area contributed by atoms with Crippen LogP contribution in [0, 0.1) is 0 Å². The second-order valence-corrected chi connectivity index (χ2v) is 9.00. The molecule has 1 N–H and O–H groups in total.